The molecular formula is C12H18N2O2. The number of aromatic nitrogens is 1. The molecule has 0 atom stereocenters. The number of anilines is 1. The molecule has 1 N–H and O–H groups in total. The highest BCUT2D eigenvalue weighted by Gasteiger charge is 2.10. The van der Waals surface area contributed by atoms with Crippen molar-refractivity contribution in [3.05, 3.63) is 23.4 Å². The Kier molecular flexibility index (Phi) is 4.28. The molecule has 0 aliphatic heterocycles. The maximum atomic E-state index is 11.0. The highest BCUT2D eigenvalue weighted by atomic mass is 16.4. The van der Waals surface area contributed by atoms with E-state index in [0.29, 0.717) is 5.56 Å². The minimum Gasteiger partial charge on any atom is -0.478 e. The van der Waals surface area contributed by atoms with Crippen LogP contribution in [-0.4, -0.2) is 29.7 Å². The third-order valence-corrected chi connectivity index (χ3v) is 2.48. The molecule has 88 valence electrons. The van der Waals surface area contributed by atoms with E-state index in [1.165, 1.54) is 0 Å². The molecule has 4 nitrogen and oxygen atoms in total. The molecule has 0 saturated carbocycles. The monoisotopic (exact) mass is 222 g/mol. The van der Waals surface area contributed by atoms with Gasteiger partial charge in [-0.15, -0.1) is 0 Å². The van der Waals surface area contributed by atoms with Gasteiger partial charge in [-0.3, -0.25) is 0 Å². The Balaban J connectivity index is 3.13. The summed E-state index contributed by atoms with van der Waals surface area (Å²) >= 11 is 0. The average Bonchev–Trinajstić information content (AvgIpc) is 2.28. The van der Waals surface area contributed by atoms with Gasteiger partial charge in [0.05, 0.1) is 5.56 Å². The largest absolute Gasteiger partial charge is 0.478 e. The van der Waals surface area contributed by atoms with Crippen LogP contribution < -0.4 is 4.90 Å². The summed E-state index contributed by atoms with van der Waals surface area (Å²) in [5.74, 6) is -0.170. The fourth-order valence-electron chi connectivity index (χ4n) is 1.44. The van der Waals surface area contributed by atoms with Gasteiger partial charge in [0.1, 0.15) is 5.82 Å². The minimum atomic E-state index is -0.898. The number of pyridine rings is 1. The second-order valence-electron chi connectivity index (χ2n) is 3.77. The van der Waals surface area contributed by atoms with Crippen molar-refractivity contribution in [2.75, 3.05) is 18.5 Å². The summed E-state index contributed by atoms with van der Waals surface area (Å²) in [5, 5.41) is 9.01. The Morgan fingerprint density at radius 3 is 2.62 bits per heavy atom. The highest BCUT2D eigenvalue weighted by molar-refractivity contribution is 5.88. The third-order valence-electron chi connectivity index (χ3n) is 2.48. The molecule has 1 aromatic rings. The zero-order valence-electron chi connectivity index (χ0n) is 10.0. The van der Waals surface area contributed by atoms with Gasteiger partial charge < -0.3 is 10.0 Å². The molecule has 4 heteroatoms. The Hall–Kier alpha value is -1.58. The Morgan fingerprint density at radius 1 is 1.44 bits per heavy atom. The van der Waals surface area contributed by atoms with Crippen LogP contribution in [0.3, 0.4) is 0 Å². The molecule has 0 saturated heterocycles. The molecule has 0 aliphatic rings. The molecule has 0 spiro atoms. The van der Waals surface area contributed by atoms with Crippen LogP contribution in [0.4, 0.5) is 5.82 Å². The van der Waals surface area contributed by atoms with Gasteiger partial charge in [-0.25, -0.2) is 9.78 Å². The maximum absolute atomic E-state index is 11.0. The van der Waals surface area contributed by atoms with E-state index in [2.05, 4.69) is 11.9 Å². The topological polar surface area (TPSA) is 53.4 Å². The lowest BCUT2D eigenvalue weighted by atomic mass is 10.1. The number of rotatable bonds is 5. The van der Waals surface area contributed by atoms with E-state index in [-0.39, 0.29) is 0 Å². The van der Waals surface area contributed by atoms with Crippen molar-refractivity contribution in [2.45, 2.75) is 26.7 Å². The molecule has 0 radical (unpaired) electrons. The van der Waals surface area contributed by atoms with E-state index in [4.69, 9.17) is 5.11 Å². The van der Waals surface area contributed by atoms with Crippen molar-refractivity contribution < 1.29 is 9.90 Å². The molecule has 0 unspecified atom stereocenters. The van der Waals surface area contributed by atoms with E-state index >= 15 is 0 Å². The van der Waals surface area contributed by atoms with E-state index in [1.807, 2.05) is 18.9 Å². The number of carbonyl (C=O) groups is 1. The van der Waals surface area contributed by atoms with E-state index < -0.39 is 5.97 Å². The van der Waals surface area contributed by atoms with Gasteiger partial charge in [0, 0.05) is 19.3 Å². The Morgan fingerprint density at radius 2 is 2.12 bits per heavy atom. The van der Waals surface area contributed by atoms with Crippen molar-refractivity contribution >= 4 is 11.8 Å². The summed E-state index contributed by atoms with van der Waals surface area (Å²) in [6, 6.07) is 3.27. The summed E-state index contributed by atoms with van der Waals surface area (Å²) < 4.78 is 0. The predicted octanol–water partition coefficient (Wildman–Crippen LogP) is 2.19. The van der Waals surface area contributed by atoms with Gasteiger partial charge >= 0.3 is 5.97 Å². The summed E-state index contributed by atoms with van der Waals surface area (Å²) in [6.07, 6.45) is 1.77. The number of aryl methyl sites for hydroxylation is 1. The third kappa shape index (κ3) is 2.95. The van der Waals surface area contributed by atoms with E-state index in [9.17, 15) is 4.79 Å². The van der Waals surface area contributed by atoms with Crippen LogP contribution in [0.1, 0.15) is 36.3 Å². The van der Waals surface area contributed by atoms with E-state index in [0.717, 1.165) is 30.9 Å². The molecule has 16 heavy (non-hydrogen) atoms. The lowest BCUT2D eigenvalue weighted by Gasteiger charge is -2.17. The Labute approximate surface area is 95.9 Å². The fraction of sp³-hybridized carbons (Fsp3) is 0.500. The van der Waals surface area contributed by atoms with Crippen LogP contribution in [0.2, 0.25) is 0 Å². The number of nitrogens with zero attached hydrogens (tertiary/aromatic N) is 2. The van der Waals surface area contributed by atoms with Gasteiger partial charge in [-0.2, -0.15) is 0 Å². The quantitative estimate of drug-likeness (QED) is 0.829. The molecule has 0 aliphatic carbocycles. The van der Waals surface area contributed by atoms with Crippen LogP contribution >= 0.6 is 0 Å². The lowest BCUT2D eigenvalue weighted by molar-refractivity contribution is 0.0696. The molecule has 1 rings (SSSR count). The van der Waals surface area contributed by atoms with Crippen LogP contribution in [0.15, 0.2) is 12.1 Å². The van der Waals surface area contributed by atoms with Crippen molar-refractivity contribution in [1.82, 2.24) is 4.98 Å². The smallest absolute Gasteiger partial charge is 0.335 e. The van der Waals surface area contributed by atoms with Gasteiger partial charge in [0.2, 0.25) is 0 Å². The van der Waals surface area contributed by atoms with Crippen LogP contribution in [0.5, 0.6) is 0 Å². The number of hydrogen-bond acceptors (Lipinski definition) is 3. The Bertz CT molecular complexity index is 377. The first-order chi connectivity index (χ1) is 7.58. The SMILES string of the molecule is CCCc1cc(C(=O)O)cc(N(C)CC)n1. The first kappa shape index (κ1) is 12.5. The average molecular weight is 222 g/mol. The molecule has 0 aromatic carbocycles. The molecule has 1 heterocycles. The van der Waals surface area contributed by atoms with Gasteiger partial charge in [-0.05, 0) is 25.5 Å². The van der Waals surface area contributed by atoms with Gasteiger partial charge in [0.15, 0.2) is 0 Å². The fourth-order valence-corrected chi connectivity index (χ4v) is 1.44. The second-order valence-corrected chi connectivity index (χ2v) is 3.77. The maximum Gasteiger partial charge on any atom is 0.335 e. The zero-order chi connectivity index (χ0) is 12.1. The van der Waals surface area contributed by atoms with Crippen molar-refractivity contribution in [2.24, 2.45) is 0 Å². The molecule has 0 amide bonds. The first-order valence-corrected chi connectivity index (χ1v) is 5.53. The molecular weight excluding hydrogens is 204 g/mol. The van der Waals surface area contributed by atoms with Gasteiger partial charge in [0.25, 0.3) is 0 Å². The highest BCUT2D eigenvalue weighted by Crippen LogP contribution is 2.15. The first-order valence-electron chi connectivity index (χ1n) is 5.53. The van der Waals surface area contributed by atoms with Crippen molar-refractivity contribution in [3.8, 4) is 0 Å². The second kappa shape index (κ2) is 5.49. The zero-order valence-corrected chi connectivity index (χ0v) is 10.0. The molecule has 0 fully saturated rings. The standard InChI is InChI=1S/C12H18N2O2/c1-4-6-10-7-9(12(15)16)8-11(13-10)14(3)5-2/h7-8H,4-6H2,1-3H3,(H,15,16). The normalized spacial score (nSPS) is 10.2. The van der Waals surface area contributed by atoms with E-state index in [1.54, 1.807) is 12.1 Å². The number of carboxylic acid groups (broad SMARTS) is 1. The van der Waals surface area contributed by atoms with Crippen LogP contribution in [0, 0.1) is 0 Å². The number of aromatic carboxylic acids is 1. The van der Waals surface area contributed by atoms with Gasteiger partial charge in [-0.1, -0.05) is 13.3 Å². The minimum absolute atomic E-state index is 0.314. The summed E-state index contributed by atoms with van der Waals surface area (Å²) in [4.78, 5) is 17.3. The van der Waals surface area contributed by atoms with Crippen LogP contribution in [-0.2, 0) is 6.42 Å². The lowest BCUT2D eigenvalue weighted by Crippen LogP contribution is -2.18. The van der Waals surface area contributed by atoms with Crippen molar-refractivity contribution in [3.63, 3.8) is 0 Å². The van der Waals surface area contributed by atoms with Crippen molar-refractivity contribution in [1.29, 1.82) is 0 Å². The summed E-state index contributed by atoms with van der Waals surface area (Å²) in [7, 11) is 1.91. The summed E-state index contributed by atoms with van der Waals surface area (Å²) in [6.45, 7) is 4.87. The molecule has 1 aromatic heterocycles. The molecule has 0 bridgehead atoms. The van der Waals surface area contributed by atoms with Crippen LogP contribution in [0.25, 0.3) is 0 Å². The number of carboxylic acids is 1. The summed E-state index contributed by atoms with van der Waals surface area (Å²) in [5.41, 5.74) is 1.16. The number of hydrogen-bond donors (Lipinski definition) is 1. The predicted molar refractivity (Wildman–Crippen MR) is 64.1 cm³/mol.